The first-order valence-electron chi connectivity index (χ1n) is 3.64. The van der Waals surface area contributed by atoms with Crippen molar-refractivity contribution in [3.05, 3.63) is 0 Å². The van der Waals surface area contributed by atoms with Gasteiger partial charge in [-0.3, -0.25) is 4.57 Å². The summed E-state index contributed by atoms with van der Waals surface area (Å²) in [6, 6.07) is 0. The highest BCUT2D eigenvalue weighted by Crippen LogP contribution is 2.47. The fraction of sp³-hybridized carbons (Fsp3) is 0.833. The number of carbonyl (C=O) groups is 1. The number of aliphatic hydroxyl groups excluding tert-OH is 1. The van der Waals surface area contributed by atoms with Crippen molar-refractivity contribution in [2.24, 2.45) is 0 Å². The van der Waals surface area contributed by atoms with E-state index >= 15 is 0 Å². The summed E-state index contributed by atoms with van der Waals surface area (Å²) >= 11 is 0. The quantitative estimate of drug-likeness (QED) is 0.626. The second-order valence-electron chi connectivity index (χ2n) is 2.24. The van der Waals surface area contributed by atoms with Crippen LogP contribution in [-0.2, 0) is 9.09 Å². The van der Waals surface area contributed by atoms with Gasteiger partial charge in [-0.25, -0.2) is 4.79 Å². The van der Waals surface area contributed by atoms with Crippen molar-refractivity contribution in [3.8, 4) is 0 Å². The number of hydrogen-bond acceptors (Lipinski definition) is 4. The maximum Gasteiger partial charge on any atom is 0.389 e. The molecule has 0 aromatic heterocycles. The van der Waals surface area contributed by atoms with Gasteiger partial charge in [-0.05, 0) is 6.42 Å². The zero-order valence-corrected chi connectivity index (χ0v) is 7.79. The topological polar surface area (TPSA) is 83.8 Å². The van der Waals surface area contributed by atoms with Crippen LogP contribution in [0.15, 0.2) is 0 Å². The first-order chi connectivity index (χ1) is 5.56. The van der Waals surface area contributed by atoms with E-state index in [1.54, 1.807) is 6.92 Å². The number of carboxylic acid groups (broad SMARTS) is 1. The van der Waals surface area contributed by atoms with Crippen LogP contribution < -0.4 is 0 Å². The van der Waals surface area contributed by atoms with E-state index < -0.39 is 13.1 Å². The van der Waals surface area contributed by atoms with Crippen molar-refractivity contribution in [1.82, 2.24) is 0 Å². The van der Waals surface area contributed by atoms with E-state index in [0.29, 0.717) is 6.42 Å². The Bertz CT molecular complexity index is 190. The lowest BCUT2D eigenvalue weighted by molar-refractivity contribution is 0.188. The SMILES string of the molecule is CCCP(=O)(OCCO)C(=O)O. The molecule has 0 rings (SSSR count). The van der Waals surface area contributed by atoms with Crippen LogP contribution in [0.1, 0.15) is 13.3 Å². The largest absolute Gasteiger partial charge is 0.474 e. The molecule has 0 fully saturated rings. The van der Waals surface area contributed by atoms with Crippen molar-refractivity contribution in [1.29, 1.82) is 0 Å². The predicted molar refractivity (Wildman–Crippen MR) is 43.8 cm³/mol. The zero-order chi connectivity index (χ0) is 9.61. The third-order valence-corrected chi connectivity index (χ3v) is 3.42. The molecule has 1 atom stereocenters. The van der Waals surface area contributed by atoms with Crippen LogP contribution in [0.25, 0.3) is 0 Å². The van der Waals surface area contributed by atoms with Gasteiger partial charge in [0.15, 0.2) is 0 Å². The van der Waals surface area contributed by atoms with E-state index in [1.807, 2.05) is 0 Å². The van der Waals surface area contributed by atoms with Gasteiger partial charge in [0.25, 0.3) is 0 Å². The maximum atomic E-state index is 11.3. The van der Waals surface area contributed by atoms with Crippen molar-refractivity contribution < 1.29 is 24.1 Å². The van der Waals surface area contributed by atoms with Gasteiger partial charge in [0.1, 0.15) is 0 Å². The van der Waals surface area contributed by atoms with Crippen molar-refractivity contribution >= 4 is 13.1 Å². The van der Waals surface area contributed by atoms with Crippen LogP contribution in [0, 0.1) is 0 Å². The van der Waals surface area contributed by atoms with Crippen LogP contribution >= 0.6 is 7.37 Å². The molecule has 5 nitrogen and oxygen atoms in total. The van der Waals surface area contributed by atoms with Gasteiger partial charge in [0.2, 0.25) is 0 Å². The first kappa shape index (κ1) is 11.6. The number of hydrogen-bond donors (Lipinski definition) is 2. The minimum absolute atomic E-state index is 0.0162. The molecule has 0 aromatic carbocycles. The van der Waals surface area contributed by atoms with E-state index in [4.69, 9.17) is 10.2 Å². The molecule has 0 saturated heterocycles. The lowest BCUT2D eigenvalue weighted by Gasteiger charge is -2.11. The molecule has 6 heteroatoms. The lowest BCUT2D eigenvalue weighted by Crippen LogP contribution is -2.06. The Morgan fingerprint density at radius 3 is 2.50 bits per heavy atom. The number of rotatable bonds is 6. The molecule has 0 aliphatic rings. The maximum absolute atomic E-state index is 11.3. The molecule has 0 spiro atoms. The second-order valence-corrected chi connectivity index (χ2v) is 4.67. The summed E-state index contributed by atoms with van der Waals surface area (Å²) in [7, 11) is -3.55. The Kier molecular flexibility index (Phi) is 5.13. The predicted octanol–water partition coefficient (Wildman–Crippen LogP) is 1.36. The molecule has 72 valence electrons. The van der Waals surface area contributed by atoms with Gasteiger partial charge in [-0.15, -0.1) is 0 Å². The van der Waals surface area contributed by atoms with Gasteiger partial charge in [-0.2, -0.15) is 0 Å². The highest BCUT2D eigenvalue weighted by molar-refractivity contribution is 7.75. The van der Waals surface area contributed by atoms with Crippen LogP contribution in [0.3, 0.4) is 0 Å². The first-order valence-corrected chi connectivity index (χ1v) is 5.45. The van der Waals surface area contributed by atoms with Gasteiger partial charge < -0.3 is 14.7 Å². The summed E-state index contributed by atoms with van der Waals surface area (Å²) in [4.78, 5) is 10.4. The Labute approximate surface area is 70.8 Å². The molecular formula is C6H13O5P. The molecule has 12 heavy (non-hydrogen) atoms. The number of aliphatic hydroxyl groups is 1. The average molecular weight is 196 g/mol. The molecular weight excluding hydrogens is 183 g/mol. The highest BCUT2D eigenvalue weighted by Gasteiger charge is 2.31. The molecule has 0 aromatic rings. The van der Waals surface area contributed by atoms with Gasteiger partial charge in [0, 0.05) is 6.16 Å². The standard InChI is InChI=1S/C6H13O5P/c1-2-5-12(10,6(8)9)11-4-3-7/h7H,2-5H2,1H3,(H,8,9). The smallest absolute Gasteiger partial charge is 0.389 e. The monoisotopic (exact) mass is 196 g/mol. The normalized spacial score (nSPS) is 15.5. The molecule has 2 N–H and O–H groups in total. The Balaban J connectivity index is 4.20. The van der Waals surface area contributed by atoms with Crippen LogP contribution in [0.2, 0.25) is 0 Å². The van der Waals surface area contributed by atoms with Gasteiger partial charge in [0.05, 0.1) is 13.2 Å². The molecule has 0 heterocycles. The van der Waals surface area contributed by atoms with Crippen molar-refractivity contribution in [2.45, 2.75) is 13.3 Å². The van der Waals surface area contributed by atoms with E-state index in [-0.39, 0.29) is 19.4 Å². The van der Waals surface area contributed by atoms with E-state index in [9.17, 15) is 9.36 Å². The summed E-state index contributed by atoms with van der Waals surface area (Å²) in [6.07, 6.45) is 0.497. The minimum atomic E-state index is -3.55. The fourth-order valence-corrected chi connectivity index (χ4v) is 2.09. The Morgan fingerprint density at radius 2 is 2.17 bits per heavy atom. The second kappa shape index (κ2) is 5.30. The van der Waals surface area contributed by atoms with Crippen molar-refractivity contribution in [3.63, 3.8) is 0 Å². The average Bonchev–Trinajstić information content (AvgIpc) is 2.01. The third-order valence-electron chi connectivity index (χ3n) is 1.20. The molecule has 1 unspecified atom stereocenters. The summed E-state index contributed by atoms with van der Waals surface area (Å²) in [6.45, 7) is 1.21. The molecule has 0 saturated carbocycles. The summed E-state index contributed by atoms with van der Waals surface area (Å²) in [5, 5.41) is 16.9. The Morgan fingerprint density at radius 1 is 1.58 bits per heavy atom. The van der Waals surface area contributed by atoms with E-state index in [2.05, 4.69) is 4.52 Å². The summed E-state index contributed by atoms with van der Waals surface area (Å²) < 4.78 is 15.9. The Hall–Kier alpha value is -0.380. The molecule has 0 amide bonds. The lowest BCUT2D eigenvalue weighted by atomic mass is 10.6. The van der Waals surface area contributed by atoms with Gasteiger partial charge >= 0.3 is 13.1 Å². The van der Waals surface area contributed by atoms with Crippen LogP contribution in [0.4, 0.5) is 4.79 Å². The van der Waals surface area contributed by atoms with Crippen LogP contribution in [0.5, 0.6) is 0 Å². The fourth-order valence-electron chi connectivity index (χ4n) is 0.698. The van der Waals surface area contributed by atoms with E-state index in [1.165, 1.54) is 0 Å². The van der Waals surface area contributed by atoms with Crippen LogP contribution in [-0.4, -0.2) is 35.3 Å². The summed E-state index contributed by atoms with van der Waals surface area (Å²) in [5.74, 6) is 0. The van der Waals surface area contributed by atoms with Crippen molar-refractivity contribution in [2.75, 3.05) is 19.4 Å². The van der Waals surface area contributed by atoms with E-state index in [0.717, 1.165) is 0 Å². The zero-order valence-electron chi connectivity index (χ0n) is 6.89. The molecule has 0 aliphatic heterocycles. The summed E-state index contributed by atoms with van der Waals surface area (Å²) in [5.41, 5.74) is -1.42. The molecule has 0 radical (unpaired) electrons. The highest BCUT2D eigenvalue weighted by atomic mass is 31.2. The molecule has 0 aliphatic carbocycles. The minimum Gasteiger partial charge on any atom is -0.474 e. The molecule has 0 bridgehead atoms. The van der Waals surface area contributed by atoms with Gasteiger partial charge in [-0.1, -0.05) is 6.92 Å². The third kappa shape index (κ3) is 3.34.